The molecule has 1 aromatic rings. The van der Waals surface area contributed by atoms with E-state index in [1.807, 2.05) is 11.8 Å². The fourth-order valence-corrected chi connectivity index (χ4v) is 3.55. The van der Waals surface area contributed by atoms with Crippen molar-refractivity contribution >= 4 is 11.8 Å². The van der Waals surface area contributed by atoms with Crippen molar-refractivity contribution in [1.82, 2.24) is 0 Å². The van der Waals surface area contributed by atoms with E-state index in [-0.39, 0.29) is 5.41 Å². The monoisotopic (exact) mass is 258 g/mol. The molecular formula is C17H22S. The van der Waals surface area contributed by atoms with Crippen LogP contribution < -0.4 is 0 Å². The van der Waals surface area contributed by atoms with Gasteiger partial charge in [0.15, 0.2) is 0 Å². The first kappa shape index (κ1) is 13.5. The van der Waals surface area contributed by atoms with Gasteiger partial charge in [0, 0.05) is 9.80 Å². The summed E-state index contributed by atoms with van der Waals surface area (Å²) in [6.07, 6.45) is 6.03. The minimum atomic E-state index is 0.230. The molecule has 0 aliphatic heterocycles. The van der Waals surface area contributed by atoms with Crippen LogP contribution in [0.4, 0.5) is 0 Å². The van der Waals surface area contributed by atoms with E-state index in [2.05, 4.69) is 70.2 Å². The molecule has 0 fully saturated rings. The van der Waals surface area contributed by atoms with E-state index in [9.17, 15) is 0 Å². The Morgan fingerprint density at radius 1 is 1.11 bits per heavy atom. The molecule has 0 amide bonds. The number of thioether (sulfide) groups is 1. The number of hydrogen-bond donors (Lipinski definition) is 0. The second kappa shape index (κ2) is 5.36. The molecule has 1 aromatic carbocycles. The SMILES string of the molecule is CC1C=C(Sc2ccccc2)C(C(C)(C)C)=CC1. The van der Waals surface area contributed by atoms with Crippen molar-refractivity contribution in [2.75, 3.05) is 0 Å². The third-order valence-corrected chi connectivity index (χ3v) is 4.26. The predicted octanol–water partition coefficient (Wildman–Crippen LogP) is 5.67. The lowest BCUT2D eigenvalue weighted by atomic mass is 9.82. The molecule has 96 valence electrons. The summed E-state index contributed by atoms with van der Waals surface area (Å²) < 4.78 is 0. The molecule has 1 aliphatic rings. The summed E-state index contributed by atoms with van der Waals surface area (Å²) in [5.74, 6) is 0.655. The standard InChI is InChI=1S/C17H22S/c1-13-10-11-15(17(2,3)4)16(12-13)18-14-8-6-5-7-9-14/h5-9,11-13H,10H2,1-4H3. The Morgan fingerprint density at radius 2 is 1.78 bits per heavy atom. The Kier molecular flexibility index (Phi) is 4.01. The molecule has 0 radical (unpaired) electrons. The number of allylic oxidation sites excluding steroid dienone is 3. The molecule has 0 aromatic heterocycles. The van der Waals surface area contributed by atoms with Gasteiger partial charge in [-0.25, -0.2) is 0 Å². The summed E-state index contributed by atoms with van der Waals surface area (Å²) in [5, 5.41) is 0. The van der Waals surface area contributed by atoms with Gasteiger partial charge in [0.25, 0.3) is 0 Å². The zero-order valence-corrected chi connectivity index (χ0v) is 12.6. The second-order valence-corrected chi connectivity index (χ2v) is 7.14. The fourth-order valence-electron chi connectivity index (χ4n) is 2.20. The smallest absolute Gasteiger partial charge is 0.0122 e. The van der Waals surface area contributed by atoms with Crippen LogP contribution >= 0.6 is 11.8 Å². The summed E-state index contributed by atoms with van der Waals surface area (Å²) in [6.45, 7) is 9.19. The molecule has 18 heavy (non-hydrogen) atoms. The minimum absolute atomic E-state index is 0.230. The van der Waals surface area contributed by atoms with Gasteiger partial charge < -0.3 is 0 Å². The van der Waals surface area contributed by atoms with Crippen molar-refractivity contribution in [2.24, 2.45) is 11.3 Å². The number of benzene rings is 1. The summed E-state index contributed by atoms with van der Waals surface area (Å²) in [7, 11) is 0. The predicted molar refractivity (Wildman–Crippen MR) is 81.7 cm³/mol. The Labute approximate surface area is 115 Å². The van der Waals surface area contributed by atoms with E-state index in [0.717, 1.165) is 0 Å². The maximum atomic E-state index is 2.43. The fraction of sp³-hybridized carbons (Fsp3) is 0.412. The van der Waals surface area contributed by atoms with Gasteiger partial charge in [-0.3, -0.25) is 0 Å². The maximum Gasteiger partial charge on any atom is 0.0122 e. The van der Waals surface area contributed by atoms with Gasteiger partial charge in [-0.05, 0) is 35.5 Å². The van der Waals surface area contributed by atoms with Crippen LogP contribution in [0.5, 0.6) is 0 Å². The minimum Gasteiger partial charge on any atom is -0.0901 e. The molecule has 1 atom stereocenters. The van der Waals surface area contributed by atoms with Crippen LogP contribution in [0.25, 0.3) is 0 Å². The van der Waals surface area contributed by atoms with Crippen LogP contribution in [-0.4, -0.2) is 0 Å². The molecule has 2 rings (SSSR count). The van der Waals surface area contributed by atoms with Gasteiger partial charge in [0.1, 0.15) is 0 Å². The van der Waals surface area contributed by atoms with Crippen molar-refractivity contribution in [3.05, 3.63) is 53.0 Å². The average molecular weight is 258 g/mol. The summed E-state index contributed by atoms with van der Waals surface area (Å²) in [5.41, 5.74) is 1.72. The summed E-state index contributed by atoms with van der Waals surface area (Å²) in [6, 6.07) is 10.7. The van der Waals surface area contributed by atoms with Crippen LogP contribution in [0.15, 0.2) is 57.9 Å². The van der Waals surface area contributed by atoms with Crippen LogP contribution in [0.2, 0.25) is 0 Å². The zero-order chi connectivity index (χ0) is 13.2. The van der Waals surface area contributed by atoms with Gasteiger partial charge in [-0.1, -0.05) is 69.8 Å². The van der Waals surface area contributed by atoms with Crippen molar-refractivity contribution < 1.29 is 0 Å². The lowest BCUT2D eigenvalue weighted by Gasteiger charge is -2.29. The van der Waals surface area contributed by atoms with E-state index in [1.54, 1.807) is 0 Å². The highest BCUT2D eigenvalue weighted by Crippen LogP contribution is 2.43. The Hall–Kier alpha value is -0.950. The van der Waals surface area contributed by atoms with Crippen molar-refractivity contribution in [3.63, 3.8) is 0 Å². The molecule has 0 bridgehead atoms. The highest BCUT2D eigenvalue weighted by Gasteiger charge is 2.24. The molecule has 1 heteroatoms. The summed E-state index contributed by atoms with van der Waals surface area (Å²) >= 11 is 1.90. The first-order valence-electron chi connectivity index (χ1n) is 6.62. The molecule has 1 unspecified atom stereocenters. The third kappa shape index (κ3) is 3.29. The molecule has 0 saturated carbocycles. The van der Waals surface area contributed by atoms with Crippen LogP contribution in [0, 0.1) is 11.3 Å². The highest BCUT2D eigenvalue weighted by atomic mass is 32.2. The van der Waals surface area contributed by atoms with Crippen molar-refractivity contribution in [1.29, 1.82) is 0 Å². The topological polar surface area (TPSA) is 0 Å². The highest BCUT2D eigenvalue weighted by molar-refractivity contribution is 8.03. The van der Waals surface area contributed by atoms with Gasteiger partial charge in [-0.15, -0.1) is 0 Å². The van der Waals surface area contributed by atoms with E-state index >= 15 is 0 Å². The lowest BCUT2D eigenvalue weighted by Crippen LogP contribution is -2.14. The number of hydrogen-bond acceptors (Lipinski definition) is 1. The second-order valence-electron chi connectivity index (χ2n) is 6.03. The Balaban J connectivity index is 2.26. The first-order chi connectivity index (χ1) is 8.47. The quantitative estimate of drug-likeness (QED) is 0.658. The van der Waals surface area contributed by atoms with E-state index in [4.69, 9.17) is 0 Å². The first-order valence-corrected chi connectivity index (χ1v) is 7.44. The molecule has 0 nitrogen and oxygen atoms in total. The zero-order valence-electron chi connectivity index (χ0n) is 11.7. The Morgan fingerprint density at radius 3 is 2.39 bits per heavy atom. The van der Waals surface area contributed by atoms with Crippen LogP contribution in [0.1, 0.15) is 34.1 Å². The average Bonchev–Trinajstić information content (AvgIpc) is 2.28. The molecular weight excluding hydrogens is 236 g/mol. The molecule has 0 heterocycles. The third-order valence-electron chi connectivity index (χ3n) is 3.17. The van der Waals surface area contributed by atoms with Gasteiger partial charge in [0.2, 0.25) is 0 Å². The molecule has 0 spiro atoms. The maximum absolute atomic E-state index is 2.43. The van der Waals surface area contributed by atoms with Crippen molar-refractivity contribution in [3.8, 4) is 0 Å². The lowest BCUT2D eigenvalue weighted by molar-refractivity contribution is 0.505. The molecule has 1 aliphatic carbocycles. The van der Waals surface area contributed by atoms with Gasteiger partial charge >= 0.3 is 0 Å². The van der Waals surface area contributed by atoms with Gasteiger partial charge in [-0.2, -0.15) is 0 Å². The largest absolute Gasteiger partial charge is 0.0901 e. The normalized spacial score (nSPS) is 20.3. The van der Waals surface area contributed by atoms with E-state index < -0.39 is 0 Å². The van der Waals surface area contributed by atoms with Crippen molar-refractivity contribution in [2.45, 2.75) is 39.0 Å². The molecule has 0 saturated heterocycles. The van der Waals surface area contributed by atoms with Gasteiger partial charge in [0.05, 0.1) is 0 Å². The van der Waals surface area contributed by atoms with E-state index in [1.165, 1.54) is 21.8 Å². The summed E-state index contributed by atoms with van der Waals surface area (Å²) in [4.78, 5) is 2.76. The van der Waals surface area contributed by atoms with Crippen LogP contribution in [0.3, 0.4) is 0 Å². The van der Waals surface area contributed by atoms with Crippen LogP contribution in [-0.2, 0) is 0 Å². The Bertz CT molecular complexity index is 460. The molecule has 0 N–H and O–H groups in total. The number of rotatable bonds is 2. The van der Waals surface area contributed by atoms with E-state index in [0.29, 0.717) is 5.92 Å².